The number of benzene rings is 1. The zero-order chi connectivity index (χ0) is 9.90. The number of hydrogen-bond donors (Lipinski definition) is 0. The highest BCUT2D eigenvalue weighted by atomic mass is 32.2. The Hall–Kier alpha value is -0.213. The van der Waals surface area contributed by atoms with Gasteiger partial charge in [0.1, 0.15) is 0 Å². The van der Waals surface area contributed by atoms with Crippen LogP contribution in [0.15, 0.2) is 29.2 Å². The van der Waals surface area contributed by atoms with E-state index in [1.54, 1.807) is 5.19 Å². The summed E-state index contributed by atoms with van der Waals surface area (Å²) in [5.41, 5.74) is 0. The van der Waals surface area contributed by atoms with Gasteiger partial charge in [0.2, 0.25) is 0 Å². The molecule has 0 fully saturated rings. The predicted molar refractivity (Wildman–Crippen MR) is 65.8 cm³/mol. The SMILES string of the molecule is CCSc1ccc([Si](C)(C)C)cc1. The lowest BCUT2D eigenvalue weighted by Gasteiger charge is -2.16. The van der Waals surface area contributed by atoms with E-state index in [9.17, 15) is 0 Å². The van der Waals surface area contributed by atoms with Gasteiger partial charge in [0, 0.05) is 4.90 Å². The smallest absolute Gasteiger partial charge is 0.0775 e. The van der Waals surface area contributed by atoms with Crippen LogP contribution in [-0.2, 0) is 0 Å². The van der Waals surface area contributed by atoms with E-state index in [0.29, 0.717) is 0 Å². The van der Waals surface area contributed by atoms with Crippen LogP contribution in [-0.4, -0.2) is 13.8 Å². The van der Waals surface area contributed by atoms with E-state index in [-0.39, 0.29) is 0 Å². The minimum atomic E-state index is -1.09. The van der Waals surface area contributed by atoms with Crippen LogP contribution >= 0.6 is 11.8 Å². The molecule has 0 aliphatic rings. The Morgan fingerprint density at radius 1 is 1.08 bits per heavy atom. The molecule has 0 spiro atoms. The maximum atomic E-state index is 2.38. The highest BCUT2D eigenvalue weighted by Gasteiger charge is 2.15. The molecule has 0 bridgehead atoms. The molecule has 0 unspecified atom stereocenters. The summed E-state index contributed by atoms with van der Waals surface area (Å²) in [4.78, 5) is 1.39. The average Bonchev–Trinajstić information content (AvgIpc) is 2.04. The lowest BCUT2D eigenvalue weighted by atomic mass is 10.4. The molecule has 0 nitrogen and oxygen atoms in total. The quantitative estimate of drug-likeness (QED) is 0.545. The minimum Gasteiger partial charge on any atom is -0.126 e. The van der Waals surface area contributed by atoms with Crippen LogP contribution in [0.5, 0.6) is 0 Å². The van der Waals surface area contributed by atoms with Gasteiger partial charge in [-0.25, -0.2) is 0 Å². The number of rotatable bonds is 3. The van der Waals surface area contributed by atoms with Crippen molar-refractivity contribution in [2.75, 3.05) is 5.75 Å². The molecule has 0 aliphatic carbocycles. The molecule has 0 heterocycles. The van der Waals surface area contributed by atoms with E-state index in [0.717, 1.165) is 5.75 Å². The van der Waals surface area contributed by atoms with Gasteiger partial charge in [0.25, 0.3) is 0 Å². The molecule has 72 valence electrons. The summed E-state index contributed by atoms with van der Waals surface area (Å²) in [6, 6.07) is 9.10. The number of thioether (sulfide) groups is 1. The molecule has 1 aromatic carbocycles. The van der Waals surface area contributed by atoms with Gasteiger partial charge in [-0.2, -0.15) is 0 Å². The Balaban J connectivity index is 2.81. The Labute approximate surface area is 86.8 Å². The van der Waals surface area contributed by atoms with E-state index < -0.39 is 8.07 Å². The van der Waals surface area contributed by atoms with E-state index in [4.69, 9.17) is 0 Å². The highest BCUT2D eigenvalue weighted by Crippen LogP contribution is 2.16. The summed E-state index contributed by atoms with van der Waals surface area (Å²) < 4.78 is 0. The first-order valence-electron chi connectivity index (χ1n) is 4.77. The van der Waals surface area contributed by atoms with Gasteiger partial charge in [-0.3, -0.25) is 0 Å². The zero-order valence-electron chi connectivity index (χ0n) is 8.92. The molecule has 1 rings (SSSR count). The third-order valence-electron chi connectivity index (χ3n) is 2.03. The molecule has 1 aromatic rings. The van der Waals surface area contributed by atoms with E-state index >= 15 is 0 Å². The van der Waals surface area contributed by atoms with Gasteiger partial charge in [0.15, 0.2) is 0 Å². The number of hydrogen-bond acceptors (Lipinski definition) is 1. The molecule has 0 saturated carbocycles. The Morgan fingerprint density at radius 2 is 1.62 bits per heavy atom. The van der Waals surface area contributed by atoms with Crippen LogP contribution in [0.25, 0.3) is 0 Å². The van der Waals surface area contributed by atoms with Crippen LogP contribution in [0.2, 0.25) is 19.6 Å². The topological polar surface area (TPSA) is 0 Å². The van der Waals surface area contributed by atoms with Crippen LogP contribution < -0.4 is 5.19 Å². The molecule has 0 saturated heterocycles. The molecule has 0 atom stereocenters. The summed E-state index contributed by atoms with van der Waals surface area (Å²) in [5.74, 6) is 1.16. The van der Waals surface area contributed by atoms with Crippen LogP contribution in [0.3, 0.4) is 0 Å². The van der Waals surface area contributed by atoms with Crippen molar-refractivity contribution < 1.29 is 0 Å². The largest absolute Gasteiger partial charge is 0.126 e. The lowest BCUT2D eigenvalue weighted by Crippen LogP contribution is -2.37. The van der Waals surface area contributed by atoms with Crippen molar-refractivity contribution in [2.45, 2.75) is 31.5 Å². The molecule has 0 radical (unpaired) electrons. The zero-order valence-corrected chi connectivity index (χ0v) is 10.7. The van der Waals surface area contributed by atoms with Gasteiger partial charge < -0.3 is 0 Å². The van der Waals surface area contributed by atoms with Crippen molar-refractivity contribution in [3.8, 4) is 0 Å². The summed E-state index contributed by atoms with van der Waals surface area (Å²) in [5, 5.41) is 1.55. The van der Waals surface area contributed by atoms with Gasteiger partial charge in [-0.15, -0.1) is 11.8 Å². The third-order valence-corrected chi connectivity index (χ3v) is 4.99. The maximum Gasteiger partial charge on any atom is 0.0775 e. The molecular weight excluding hydrogens is 192 g/mol. The normalized spacial score (nSPS) is 11.7. The molecule has 0 N–H and O–H groups in total. The molecule has 13 heavy (non-hydrogen) atoms. The lowest BCUT2D eigenvalue weighted by molar-refractivity contribution is 1.44. The summed E-state index contributed by atoms with van der Waals surface area (Å²) in [7, 11) is -1.09. The van der Waals surface area contributed by atoms with Crippen molar-refractivity contribution in [3.05, 3.63) is 24.3 Å². The van der Waals surface area contributed by atoms with E-state index in [1.165, 1.54) is 4.90 Å². The molecule has 0 aromatic heterocycles. The Kier molecular flexibility index (Phi) is 3.62. The highest BCUT2D eigenvalue weighted by molar-refractivity contribution is 7.99. The van der Waals surface area contributed by atoms with E-state index in [1.807, 2.05) is 11.8 Å². The second-order valence-corrected chi connectivity index (χ2v) is 10.6. The minimum absolute atomic E-state index is 1.09. The van der Waals surface area contributed by atoms with Crippen molar-refractivity contribution in [1.82, 2.24) is 0 Å². The molecule has 2 heteroatoms. The van der Waals surface area contributed by atoms with Gasteiger partial charge >= 0.3 is 0 Å². The standard InChI is InChI=1S/C11H18SSi/c1-5-12-10-6-8-11(9-7-10)13(2,3)4/h6-9H,5H2,1-4H3. The fourth-order valence-corrected chi connectivity index (χ4v) is 3.05. The van der Waals surface area contributed by atoms with Gasteiger partial charge in [-0.1, -0.05) is 43.9 Å². The van der Waals surface area contributed by atoms with Gasteiger partial charge in [0.05, 0.1) is 8.07 Å². The van der Waals surface area contributed by atoms with Crippen molar-refractivity contribution in [1.29, 1.82) is 0 Å². The predicted octanol–water partition coefficient (Wildman–Crippen LogP) is 3.34. The Bertz CT molecular complexity index is 258. The summed E-state index contributed by atoms with van der Waals surface area (Å²) in [6.45, 7) is 9.34. The second kappa shape index (κ2) is 4.34. The first-order valence-corrected chi connectivity index (χ1v) is 9.26. The van der Waals surface area contributed by atoms with Crippen LogP contribution in [0.4, 0.5) is 0 Å². The average molecular weight is 210 g/mol. The fourth-order valence-electron chi connectivity index (χ4n) is 1.22. The van der Waals surface area contributed by atoms with Gasteiger partial charge in [-0.05, 0) is 17.9 Å². The second-order valence-electron chi connectivity index (χ2n) is 4.21. The summed E-state index contributed by atoms with van der Waals surface area (Å²) in [6.07, 6.45) is 0. The molecule has 0 aliphatic heterocycles. The monoisotopic (exact) mass is 210 g/mol. The molecular formula is C11H18SSi. The van der Waals surface area contributed by atoms with Crippen LogP contribution in [0, 0.1) is 0 Å². The fraction of sp³-hybridized carbons (Fsp3) is 0.455. The van der Waals surface area contributed by atoms with Crippen molar-refractivity contribution >= 4 is 25.0 Å². The van der Waals surface area contributed by atoms with Crippen molar-refractivity contribution in [3.63, 3.8) is 0 Å². The molecule has 0 amide bonds. The Morgan fingerprint density at radius 3 is 2.00 bits per heavy atom. The third kappa shape index (κ3) is 3.20. The van der Waals surface area contributed by atoms with Crippen LogP contribution in [0.1, 0.15) is 6.92 Å². The summed E-state index contributed by atoms with van der Waals surface area (Å²) >= 11 is 1.91. The first kappa shape index (κ1) is 10.9. The van der Waals surface area contributed by atoms with Crippen molar-refractivity contribution in [2.24, 2.45) is 0 Å². The van der Waals surface area contributed by atoms with E-state index in [2.05, 4.69) is 50.8 Å². The first-order chi connectivity index (χ1) is 6.04. The maximum absolute atomic E-state index is 2.38.